The van der Waals surface area contributed by atoms with Gasteiger partial charge in [-0.25, -0.2) is 13.6 Å². The van der Waals surface area contributed by atoms with Crippen LogP contribution in [0, 0.1) is 23.4 Å². The van der Waals surface area contributed by atoms with Crippen LogP contribution in [0.15, 0.2) is 6.07 Å². The average molecular weight is 305 g/mol. The Balaban J connectivity index is 3.12. The molecule has 0 aromatic heterocycles. The van der Waals surface area contributed by atoms with Crippen LogP contribution in [-0.2, 0) is 9.53 Å². The smallest absolute Gasteiger partial charge is 0.328 e. The van der Waals surface area contributed by atoms with Gasteiger partial charge in [0, 0.05) is 0 Å². The Morgan fingerprint density at radius 3 is 2.29 bits per heavy atom. The lowest BCUT2D eigenvalue weighted by Crippen LogP contribution is -2.45. The lowest BCUT2D eigenvalue weighted by Gasteiger charge is -2.20. The number of phenolic OH excluding ortho intramolecular Hbond substituents is 1. The molecule has 5 nitrogen and oxygen atoms in total. The summed E-state index contributed by atoms with van der Waals surface area (Å²) in [4.78, 5) is 23.3. The van der Waals surface area contributed by atoms with Crippen LogP contribution < -0.4 is 5.32 Å². The minimum absolute atomic E-state index is 0.300. The second kappa shape index (κ2) is 6.47. The second-order valence-corrected chi connectivity index (χ2v) is 4.60. The molecule has 1 atom stereocenters. The molecule has 0 saturated carbocycles. The van der Waals surface area contributed by atoms with Crippen LogP contribution in [0.25, 0.3) is 0 Å². The summed E-state index contributed by atoms with van der Waals surface area (Å²) in [6.07, 6.45) is 0. The molecular formula is C13H14F3NO4. The van der Waals surface area contributed by atoms with E-state index in [1.807, 2.05) is 0 Å². The highest BCUT2D eigenvalue weighted by atomic mass is 19.2. The topological polar surface area (TPSA) is 75.6 Å². The molecule has 1 unspecified atom stereocenters. The summed E-state index contributed by atoms with van der Waals surface area (Å²) in [5.41, 5.74) is -0.916. The van der Waals surface area contributed by atoms with E-state index in [4.69, 9.17) is 5.11 Å². The zero-order valence-corrected chi connectivity index (χ0v) is 11.5. The summed E-state index contributed by atoms with van der Waals surface area (Å²) in [7, 11) is 1.11. The fraction of sp³-hybridized carbons (Fsp3) is 0.385. The van der Waals surface area contributed by atoms with Gasteiger partial charge in [0.1, 0.15) is 6.04 Å². The first kappa shape index (κ1) is 16.8. The Morgan fingerprint density at radius 1 is 1.24 bits per heavy atom. The van der Waals surface area contributed by atoms with Crippen molar-refractivity contribution in [1.29, 1.82) is 0 Å². The summed E-state index contributed by atoms with van der Waals surface area (Å²) < 4.78 is 44.1. The molecule has 0 heterocycles. The number of ether oxygens (including phenoxy) is 1. The third-order valence-corrected chi connectivity index (χ3v) is 2.79. The van der Waals surface area contributed by atoms with Gasteiger partial charge in [-0.2, -0.15) is 4.39 Å². The fourth-order valence-corrected chi connectivity index (χ4v) is 1.60. The quantitative estimate of drug-likeness (QED) is 0.656. The Kier molecular flexibility index (Phi) is 5.17. The van der Waals surface area contributed by atoms with Gasteiger partial charge in [-0.05, 0) is 12.0 Å². The van der Waals surface area contributed by atoms with E-state index in [2.05, 4.69) is 10.1 Å². The van der Waals surface area contributed by atoms with Crippen molar-refractivity contribution < 1.29 is 32.6 Å². The summed E-state index contributed by atoms with van der Waals surface area (Å²) in [6, 6.07) is -0.800. The van der Waals surface area contributed by atoms with Gasteiger partial charge in [-0.1, -0.05) is 13.8 Å². The first-order valence-corrected chi connectivity index (χ1v) is 5.95. The Bertz CT molecular complexity index is 575. The molecule has 0 spiro atoms. The maximum Gasteiger partial charge on any atom is 0.328 e. The van der Waals surface area contributed by atoms with Crippen LogP contribution in [0.5, 0.6) is 5.75 Å². The number of hydrogen-bond acceptors (Lipinski definition) is 4. The molecule has 2 N–H and O–H groups in total. The van der Waals surface area contributed by atoms with Gasteiger partial charge in [0.15, 0.2) is 17.4 Å². The van der Waals surface area contributed by atoms with Gasteiger partial charge < -0.3 is 15.2 Å². The number of benzene rings is 1. The third kappa shape index (κ3) is 3.45. The van der Waals surface area contributed by atoms with Crippen LogP contribution in [0.4, 0.5) is 13.2 Å². The van der Waals surface area contributed by atoms with E-state index >= 15 is 0 Å². The summed E-state index contributed by atoms with van der Waals surface area (Å²) in [6.45, 7) is 3.20. The molecule has 0 aliphatic carbocycles. The van der Waals surface area contributed by atoms with Crippen molar-refractivity contribution in [2.75, 3.05) is 7.11 Å². The lowest BCUT2D eigenvalue weighted by atomic mass is 10.0. The van der Waals surface area contributed by atoms with E-state index in [0.717, 1.165) is 7.11 Å². The summed E-state index contributed by atoms with van der Waals surface area (Å²) >= 11 is 0. The number of halogens is 3. The molecule has 1 aromatic carbocycles. The van der Waals surface area contributed by atoms with Gasteiger partial charge in [0.25, 0.3) is 5.91 Å². The van der Waals surface area contributed by atoms with Crippen molar-refractivity contribution in [3.8, 4) is 5.75 Å². The summed E-state index contributed by atoms with van der Waals surface area (Å²) in [5, 5.41) is 11.2. The molecule has 1 amide bonds. The molecule has 0 aliphatic heterocycles. The molecule has 1 aromatic rings. The summed E-state index contributed by atoms with van der Waals surface area (Å²) in [5.74, 6) is -8.92. The molecule has 0 fully saturated rings. The fourth-order valence-electron chi connectivity index (χ4n) is 1.60. The number of methoxy groups -OCH3 is 1. The zero-order valence-electron chi connectivity index (χ0n) is 11.5. The number of nitrogens with one attached hydrogen (secondary N) is 1. The SMILES string of the molecule is COC(=O)C(NC(=O)c1cc(F)c(F)c(O)c1F)C(C)C. The highest BCUT2D eigenvalue weighted by Gasteiger charge is 2.28. The Morgan fingerprint density at radius 2 is 1.81 bits per heavy atom. The normalized spacial score (nSPS) is 12.1. The van der Waals surface area contributed by atoms with Gasteiger partial charge in [0.2, 0.25) is 5.82 Å². The molecule has 0 saturated heterocycles. The number of rotatable bonds is 4. The van der Waals surface area contributed by atoms with Crippen LogP contribution in [0.3, 0.4) is 0 Å². The van der Waals surface area contributed by atoms with E-state index in [9.17, 15) is 22.8 Å². The number of carbonyl (C=O) groups excluding carboxylic acids is 2. The van der Waals surface area contributed by atoms with Crippen molar-refractivity contribution in [2.24, 2.45) is 5.92 Å². The Hall–Kier alpha value is -2.25. The average Bonchev–Trinajstić information content (AvgIpc) is 2.44. The molecule has 1 rings (SSSR count). The largest absolute Gasteiger partial charge is 0.503 e. The van der Waals surface area contributed by atoms with E-state index < -0.39 is 46.7 Å². The van der Waals surface area contributed by atoms with E-state index in [0.29, 0.717) is 6.07 Å². The third-order valence-electron chi connectivity index (χ3n) is 2.79. The monoisotopic (exact) mass is 305 g/mol. The number of hydrogen-bond donors (Lipinski definition) is 2. The standard InChI is InChI=1S/C13H14F3NO4/c1-5(2)10(13(20)21-3)17-12(19)6-4-7(14)9(16)11(18)8(6)15/h4-5,10,18H,1-3H3,(H,17,19). The second-order valence-electron chi connectivity index (χ2n) is 4.60. The number of esters is 1. The van der Waals surface area contributed by atoms with Gasteiger partial charge in [-0.3, -0.25) is 4.79 Å². The van der Waals surface area contributed by atoms with Crippen LogP contribution in [0.2, 0.25) is 0 Å². The lowest BCUT2D eigenvalue weighted by molar-refractivity contribution is -0.144. The van der Waals surface area contributed by atoms with Crippen molar-refractivity contribution in [3.05, 3.63) is 29.1 Å². The number of aromatic hydroxyl groups is 1. The highest BCUT2D eigenvalue weighted by Crippen LogP contribution is 2.25. The molecule has 21 heavy (non-hydrogen) atoms. The van der Waals surface area contributed by atoms with Crippen molar-refractivity contribution >= 4 is 11.9 Å². The zero-order chi connectivity index (χ0) is 16.3. The minimum Gasteiger partial charge on any atom is -0.503 e. The maximum atomic E-state index is 13.6. The number of phenols is 1. The van der Waals surface area contributed by atoms with Crippen LogP contribution in [-0.4, -0.2) is 30.1 Å². The van der Waals surface area contributed by atoms with Gasteiger partial charge in [-0.15, -0.1) is 0 Å². The molecule has 0 radical (unpaired) electrons. The first-order chi connectivity index (χ1) is 9.70. The predicted molar refractivity (Wildman–Crippen MR) is 66.1 cm³/mol. The maximum absolute atomic E-state index is 13.6. The van der Waals surface area contributed by atoms with Gasteiger partial charge >= 0.3 is 5.97 Å². The minimum atomic E-state index is -1.79. The van der Waals surface area contributed by atoms with E-state index in [1.165, 1.54) is 0 Å². The Labute approximate surface area is 118 Å². The van der Waals surface area contributed by atoms with Crippen LogP contribution >= 0.6 is 0 Å². The number of amides is 1. The van der Waals surface area contributed by atoms with Crippen molar-refractivity contribution in [1.82, 2.24) is 5.32 Å². The first-order valence-electron chi connectivity index (χ1n) is 5.95. The van der Waals surface area contributed by atoms with E-state index in [-0.39, 0.29) is 5.92 Å². The highest BCUT2D eigenvalue weighted by molar-refractivity contribution is 5.97. The van der Waals surface area contributed by atoms with Crippen molar-refractivity contribution in [3.63, 3.8) is 0 Å². The van der Waals surface area contributed by atoms with Crippen LogP contribution in [0.1, 0.15) is 24.2 Å². The molecule has 0 aliphatic rings. The predicted octanol–water partition coefficient (Wildman–Crippen LogP) is 1.74. The van der Waals surface area contributed by atoms with Gasteiger partial charge in [0.05, 0.1) is 12.7 Å². The number of carbonyl (C=O) groups is 2. The molecule has 116 valence electrons. The molecule has 8 heteroatoms. The molecule has 0 bridgehead atoms. The molecular weight excluding hydrogens is 291 g/mol. The van der Waals surface area contributed by atoms with E-state index in [1.54, 1.807) is 13.8 Å². The van der Waals surface area contributed by atoms with Crippen molar-refractivity contribution in [2.45, 2.75) is 19.9 Å².